The first-order valence-electron chi connectivity index (χ1n) is 3.69. The Bertz CT molecular complexity index is 490. The van der Waals surface area contributed by atoms with Gasteiger partial charge in [0, 0.05) is 6.92 Å². The molecule has 0 aromatic carbocycles. The number of aromatic nitrogens is 5. The van der Waals surface area contributed by atoms with E-state index in [9.17, 15) is 0 Å². The molecule has 0 amide bonds. The summed E-state index contributed by atoms with van der Waals surface area (Å²) in [5, 5.41) is 15.3. The van der Waals surface area contributed by atoms with Crippen molar-refractivity contribution in [1.29, 1.82) is 0 Å². The molecule has 9 heteroatoms. The van der Waals surface area contributed by atoms with E-state index in [1.807, 2.05) is 0 Å². The van der Waals surface area contributed by atoms with Crippen LogP contribution < -0.4 is 0 Å². The van der Waals surface area contributed by atoms with Gasteiger partial charge in [0.15, 0.2) is 5.15 Å². The Labute approximate surface area is 98.4 Å². The number of hydrogen-bond donors (Lipinski definition) is 0. The molecule has 2 heterocycles. The molecule has 0 aliphatic rings. The summed E-state index contributed by atoms with van der Waals surface area (Å²) in [7, 11) is 0. The summed E-state index contributed by atoms with van der Waals surface area (Å²) in [6.45, 7) is 1.68. The van der Waals surface area contributed by atoms with Gasteiger partial charge < -0.3 is 4.42 Å². The molecule has 0 radical (unpaired) electrons. The molecular formula is C6H3Cl2N5OS. The number of nitrogens with zero attached hydrogens (tertiary/aromatic N) is 5. The molecule has 0 N–H and O–H groups in total. The fraction of sp³-hybridized carbons (Fsp3) is 0.167. The van der Waals surface area contributed by atoms with E-state index in [2.05, 4.69) is 25.4 Å². The summed E-state index contributed by atoms with van der Waals surface area (Å²) < 4.78 is 5.13. The van der Waals surface area contributed by atoms with Gasteiger partial charge in [-0.3, -0.25) is 0 Å². The summed E-state index contributed by atoms with van der Waals surface area (Å²) in [6.07, 6.45) is 0. The summed E-state index contributed by atoms with van der Waals surface area (Å²) in [4.78, 5) is 3.87. The van der Waals surface area contributed by atoms with Crippen molar-refractivity contribution in [3.05, 3.63) is 16.3 Å². The first-order valence-corrected chi connectivity index (χ1v) is 5.26. The Balaban J connectivity index is 2.27. The third-order valence-electron chi connectivity index (χ3n) is 1.28. The van der Waals surface area contributed by atoms with Crippen LogP contribution in [0.25, 0.3) is 0 Å². The molecule has 0 unspecified atom stereocenters. The van der Waals surface area contributed by atoms with Gasteiger partial charge in [0.1, 0.15) is 5.03 Å². The zero-order valence-electron chi connectivity index (χ0n) is 7.31. The van der Waals surface area contributed by atoms with Gasteiger partial charge in [-0.1, -0.05) is 11.6 Å². The van der Waals surface area contributed by atoms with Gasteiger partial charge >= 0.3 is 0 Å². The quantitative estimate of drug-likeness (QED) is 0.820. The fourth-order valence-electron chi connectivity index (χ4n) is 0.748. The third kappa shape index (κ3) is 2.55. The summed E-state index contributed by atoms with van der Waals surface area (Å²) in [6, 6.07) is 0. The van der Waals surface area contributed by atoms with Crippen LogP contribution in [0.4, 0.5) is 0 Å². The molecule has 0 saturated heterocycles. The number of rotatable bonds is 2. The zero-order valence-corrected chi connectivity index (χ0v) is 9.64. The van der Waals surface area contributed by atoms with Crippen molar-refractivity contribution in [2.24, 2.45) is 0 Å². The van der Waals surface area contributed by atoms with Crippen LogP contribution in [0.3, 0.4) is 0 Å². The Morgan fingerprint density at radius 2 is 1.93 bits per heavy atom. The van der Waals surface area contributed by atoms with Crippen LogP contribution >= 0.6 is 35.0 Å². The highest BCUT2D eigenvalue weighted by Gasteiger charge is 2.12. The van der Waals surface area contributed by atoms with Crippen molar-refractivity contribution in [3.8, 4) is 0 Å². The van der Waals surface area contributed by atoms with Crippen LogP contribution in [0.2, 0.25) is 10.4 Å². The van der Waals surface area contributed by atoms with E-state index < -0.39 is 0 Å². The maximum Gasteiger partial charge on any atom is 0.283 e. The van der Waals surface area contributed by atoms with Gasteiger partial charge in [0.2, 0.25) is 11.2 Å². The minimum absolute atomic E-state index is 0.0122. The van der Waals surface area contributed by atoms with E-state index in [0.29, 0.717) is 16.1 Å². The normalized spacial score (nSPS) is 10.6. The molecule has 0 atom stereocenters. The van der Waals surface area contributed by atoms with Crippen molar-refractivity contribution < 1.29 is 4.42 Å². The molecule has 78 valence electrons. The number of halogens is 2. The number of hydrogen-bond acceptors (Lipinski definition) is 7. The van der Waals surface area contributed by atoms with Crippen molar-refractivity contribution >= 4 is 35.0 Å². The van der Waals surface area contributed by atoms with Gasteiger partial charge in [0.05, 0.1) is 0 Å². The second kappa shape index (κ2) is 4.30. The molecule has 15 heavy (non-hydrogen) atoms. The first-order chi connectivity index (χ1) is 7.15. The van der Waals surface area contributed by atoms with Crippen LogP contribution in [0.5, 0.6) is 0 Å². The molecule has 0 aliphatic carbocycles. The van der Waals surface area contributed by atoms with Crippen molar-refractivity contribution in [2.75, 3.05) is 0 Å². The molecule has 0 fully saturated rings. The highest BCUT2D eigenvalue weighted by atomic mass is 35.5. The predicted molar refractivity (Wildman–Crippen MR) is 53.0 cm³/mol. The Morgan fingerprint density at radius 3 is 2.60 bits per heavy atom. The smallest absolute Gasteiger partial charge is 0.283 e. The average molecular weight is 264 g/mol. The lowest BCUT2D eigenvalue weighted by molar-refractivity contribution is 0.429. The highest BCUT2D eigenvalue weighted by molar-refractivity contribution is 7.99. The topological polar surface area (TPSA) is 77.6 Å². The molecule has 0 spiro atoms. The lowest BCUT2D eigenvalue weighted by Gasteiger charge is -1.96. The predicted octanol–water partition coefficient (Wildman–Crippen LogP) is 2.02. The maximum absolute atomic E-state index is 5.75. The standard InChI is InChI=1S/C6H3Cl2N5OS/c1-2-10-13-6(14-2)15-4-3(7)11-12-5(8)9-4/h1H3. The van der Waals surface area contributed by atoms with E-state index in [0.717, 1.165) is 11.8 Å². The average Bonchev–Trinajstić information content (AvgIpc) is 2.58. The largest absolute Gasteiger partial charge is 0.416 e. The van der Waals surface area contributed by atoms with Crippen LogP contribution in [0.1, 0.15) is 5.89 Å². The van der Waals surface area contributed by atoms with Crippen molar-refractivity contribution in [1.82, 2.24) is 25.4 Å². The molecular weight excluding hydrogens is 261 g/mol. The van der Waals surface area contributed by atoms with Gasteiger partial charge in [0.25, 0.3) is 5.22 Å². The van der Waals surface area contributed by atoms with E-state index in [-0.39, 0.29) is 10.4 Å². The van der Waals surface area contributed by atoms with Gasteiger partial charge in [-0.05, 0) is 23.4 Å². The van der Waals surface area contributed by atoms with Crippen molar-refractivity contribution in [2.45, 2.75) is 17.2 Å². The van der Waals surface area contributed by atoms with Gasteiger partial charge in [-0.15, -0.1) is 20.4 Å². The van der Waals surface area contributed by atoms with Crippen LogP contribution in [0, 0.1) is 6.92 Å². The maximum atomic E-state index is 5.75. The lowest BCUT2D eigenvalue weighted by Crippen LogP contribution is -1.91. The Morgan fingerprint density at radius 1 is 1.13 bits per heavy atom. The minimum Gasteiger partial charge on any atom is -0.416 e. The van der Waals surface area contributed by atoms with E-state index in [4.69, 9.17) is 27.6 Å². The van der Waals surface area contributed by atoms with Crippen LogP contribution in [-0.4, -0.2) is 25.4 Å². The summed E-state index contributed by atoms with van der Waals surface area (Å²) in [5.41, 5.74) is 0. The Hall–Kier alpha value is -0.920. The second-order valence-electron chi connectivity index (χ2n) is 2.37. The van der Waals surface area contributed by atoms with E-state index >= 15 is 0 Å². The van der Waals surface area contributed by atoms with E-state index in [1.165, 1.54) is 0 Å². The van der Waals surface area contributed by atoms with E-state index in [1.54, 1.807) is 6.92 Å². The first kappa shape index (κ1) is 10.6. The summed E-state index contributed by atoms with van der Waals surface area (Å²) in [5.74, 6) is 0.460. The molecule has 2 aromatic rings. The highest BCUT2D eigenvalue weighted by Crippen LogP contribution is 2.29. The Kier molecular flexibility index (Phi) is 3.03. The van der Waals surface area contributed by atoms with Crippen LogP contribution in [-0.2, 0) is 0 Å². The molecule has 0 aliphatic heterocycles. The van der Waals surface area contributed by atoms with Crippen LogP contribution in [0.15, 0.2) is 14.7 Å². The zero-order chi connectivity index (χ0) is 10.8. The molecule has 2 aromatic heterocycles. The SMILES string of the molecule is Cc1nnc(Sc2nc(Cl)nnc2Cl)o1. The summed E-state index contributed by atoms with van der Waals surface area (Å²) >= 11 is 12.4. The monoisotopic (exact) mass is 263 g/mol. The second-order valence-corrected chi connectivity index (χ2v) is 4.00. The molecule has 6 nitrogen and oxygen atoms in total. The fourth-order valence-corrected chi connectivity index (χ4v) is 1.78. The minimum atomic E-state index is 0.0122. The lowest BCUT2D eigenvalue weighted by atomic mass is 10.8. The van der Waals surface area contributed by atoms with Gasteiger partial charge in [-0.2, -0.15) is 0 Å². The van der Waals surface area contributed by atoms with Gasteiger partial charge in [-0.25, -0.2) is 4.98 Å². The molecule has 2 rings (SSSR count). The third-order valence-corrected chi connectivity index (χ3v) is 2.63. The molecule has 0 bridgehead atoms. The molecule has 0 saturated carbocycles. The van der Waals surface area contributed by atoms with Crippen molar-refractivity contribution in [3.63, 3.8) is 0 Å². The number of aryl methyl sites for hydroxylation is 1.